The highest BCUT2D eigenvalue weighted by Crippen LogP contribution is 2.33. The van der Waals surface area contributed by atoms with Crippen LogP contribution in [0, 0.1) is 5.82 Å². The molecule has 4 nitrogen and oxygen atoms in total. The zero-order chi connectivity index (χ0) is 21.0. The van der Waals surface area contributed by atoms with Crippen molar-refractivity contribution in [1.29, 1.82) is 0 Å². The van der Waals surface area contributed by atoms with Gasteiger partial charge in [0.1, 0.15) is 5.82 Å². The molecule has 2 amide bonds. The second-order valence-corrected chi connectivity index (χ2v) is 6.52. The van der Waals surface area contributed by atoms with Gasteiger partial charge in [-0.3, -0.25) is 9.59 Å². The molecule has 0 N–H and O–H groups in total. The molecule has 0 spiro atoms. The SMILES string of the molecule is O=C(/C=C(/c1ccccc1)C(F)(F)F)N1CCN(C(=O)c2ccccc2F)CC1. The summed E-state index contributed by atoms with van der Waals surface area (Å²) in [7, 11) is 0. The zero-order valence-corrected chi connectivity index (χ0v) is 15.3. The van der Waals surface area contributed by atoms with Crippen molar-refractivity contribution in [2.45, 2.75) is 6.18 Å². The lowest BCUT2D eigenvalue weighted by Gasteiger charge is -2.34. The van der Waals surface area contributed by atoms with Crippen LogP contribution in [0.25, 0.3) is 5.57 Å². The third-order valence-corrected chi connectivity index (χ3v) is 4.64. The van der Waals surface area contributed by atoms with Gasteiger partial charge in [0.05, 0.1) is 11.1 Å². The van der Waals surface area contributed by atoms with Crippen LogP contribution < -0.4 is 0 Å². The van der Waals surface area contributed by atoms with Gasteiger partial charge in [-0.1, -0.05) is 42.5 Å². The molecule has 0 aliphatic carbocycles. The number of rotatable bonds is 3. The number of carbonyl (C=O) groups is 2. The number of benzene rings is 2. The molecule has 8 heteroatoms. The maximum absolute atomic E-state index is 13.8. The molecule has 2 aromatic carbocycles. The fourth-order valence-corrected chi connectivity index (χ4v) is 3.10. The summed E-state index contributed by atoms with van der Waals surface area (Å²) in [4.78, 5) is 27.5. The van der Waals surface area contributed by atoms with E-state index in [-0.39, 0.29) is 37.3 Å². The van der Waals surface area contributed by atoms with E-state index >= 15 is 0 Å². The molecule has 3 rings (SSSR count). The summed E-state index contributed by atoms with van der Waals surface area (Å²) in [5.74, 6) is -1.93. The molecule has 0 unspecified atom stereocenters. The Morgan fingerprint density at radius 3 is 1.97 bits per heavy atom. The van der Waals surface area contributed by atoms with Crippen LogP contribution in [0.2, 0.25) is 0 Å². The first-order valence-electron chi connectivity index (χ1n) is 8.94. The van der Waals surface area contributed by atoms with E-state index in [4.69, 9.17) is 0 Å². The molecule has 1 aliphatic heterocycles. The Bertz CT molecular complexity index is 918. The van der Waals surface area contributed by atoms with E-state index in [1.807, 2.05) is 0 Å². The molecular formula is C21H18F4N2O2. The summed E-state index contributed by atoms with van der Waals surface area (Å²) in [6.07, 6.45) is -4.09. The highest BCUT2D eigenvalue weighted by molar-refractivity contribution is 5.97. The zero-order valence-electron chi connectivity index (χ0n) is 15.3. The van der Waals surface area contributed by atoms with Crippen LogP contribution in [0.1, 0.15) is 15.9 Å². The Labute approximate surface area is 165 Å². The maximum Gasteiger partial charge on any atom is 0.417 e. The molecule has 0 saturated carbocycles. The van der Waals surface area contributed by atoms with Crippen molar-refractivity contribution >= 4 is 17.4 Å². The Morgan fingerprint density at radius 2 is 1.38 bits per heavy atom. The van der Waals surface area contributed by atoms with E-state index in [1.165, 1.54) is 52.3 Å². The number of piperazine rings is 1. The number of carbonyl (C=O) groups excluding carboxylic acids is 2. The molecule has 152 valence electrons. The van der Waals surface area contributed by atoms with Crippen molar-refractivity contribution in [3.63, 3.8) is 0 Å². The molecule has 29 heavy (non-hydrogen) atoms. The minimum atomic E-state index is -4.68. The molecule has 1 aliphatic rings. The van der Waals surface area contributed by atoms with Gasteiger partial charge in [-0.05, 0) is 17.7 Å². The minimum absolute atomic E-state index is 0.0649. The molecule has 0 atom stereocenters. The van der Waals surface area contributed by atoms with Gasteiger partial charge in [0.15, 0.2) is 0 Å². The highest BCUT2D eigenvalue weighted by atomic mass is 19.4. The third-order valence-electron chi connectivity index (χ3n) is 4.64. The largest absolute Gasteiger partial charge is 0.417 e. The van der Waals surface area contributed by atoms with Crippen LogP contribution >= 0.6 is 0 Å². The van der Waals surface area contributed by atoms with Gasteiger partial charge >= 0.3 is 6.18 Å². The first-order chi connectivity index (χ1) is 13.8. The summed E-state index contributed by atoms with van der Waals surface area (Å²) < 4.78 is 54.0. The van der Waals surface area contributed by atoms with Gasteiger partial charge in [-0.15, -0.1) is 0 Å². The van der Waals surface area contributed by atoms with Crippen LogP contribution in [-0.4, -0.2) is 54.0 Å². The van der Waals surface area contributed by atoms with E-state index in [1.54, 1.807) is 12.1 Å². The smallest absolute Gasteiger partial charge is 0.336 e. The number of halogens is 4. The Morgan fingerprint density at radius 1 is 0.828 bits per heavy atom. The second kappa shape index (κ2) is 8.46. The molecular weight excluding hydrogens is 388 g/mol. The number of allylic oxidation sites excluding steroid dienone is 1. The van der Waals surface area contributed by atoms with Crippen LogP contribution in [0.15, 0.2) is 60.7 Å². The monoisotopic (exact) mass is 406 g/mol. The summed E-state index contributed by atoms with van der Waals surface area (Å²) in [6, 6.07) is 12.7. The molecule has 0 aromatic heterocycles. The predicted octanol–water partition coefficient (Wildman–Crippen LogP) is 3.76. The lowest BCUT2D eigenvalue weighted by Crippen LogP contribution is -2.50. The predicted molar refractivity (Wildman–Crippen MR) is 99.4 cm³/mol. The van der Waals surface area contributed by atoms with E-state index in [2.05, 4.69) is 0 Å². The van der Waals surface area contributed by atoms with Gasteiger partial charge in [0.25, 0.3) is 5.91 Å². The Balaban J connectivity index is 1.70. The van der Waals surface area contributed by atoms with Gasteiger partial charge in [0.2, 0.25) is 5.91 Å². The number of nitrogens with zero attached hydrogens (tertiary/aromatic N) is 2. The summed E-state index contributed by atoms with van der Waals surface area (Å²) >= 11 is 0. The third kappa shape index (κ3) is 4.82. The van der Waals surface area contributed by atoms with E-state index in [0.717, 1.165) is 0 Å². The van der Waals surface area contributed by atoms with Crippen molar-refractivity contribution < 1.29 is 27.2 Å². The van der Waals surface area contributed by atoms with Crippen LogP contribution in [-0.2, 0) is 4.79 Å². The van der Waals surface area contributed by atoms with E-state index < -0.39 is 29.4 Å². The van der Waals surface area contributed by atoms with E-state index in [0.29, 0.717) is 6.08 Å². The molecule has 2 aromatic rings. The lowest BCUT2D eigenvalue weighted by molar-refractivity contribution is -0.127. The number of amides is 2. The molecule has 1 heterocycles. The van der Waals surface area contributed by atoms with Gasteiger partial charge in [-0.25, -0.2) is 4.39 Å². The Kier molecular flexibility index (Phi) is 6.00. The number of hydrogen-bond acceptors (Lipinski definition) is 2. The standard InChI is InChI=1S/C21H18F4N2O2/c22-18-9-5-4-8-16(18)20(29)27-12-10-26(11-13-27)19(28)14-17(21(23,24)25)15-6-2-1-3-7-15/h1-9,14H,10-13H2/b17-14-. The summed E-state index contributed by atoms with van der Waals surface area (Å²) in [5, 5.41) is 0. The van der Waals surface area contributed by atoms with Gasteiger partial charge in [-0.2, -0.15) is 13.2 Å². The number of hydrogen-bond donors (Lipinski definition) is 0. The summed E-state index contributed by atoms with van der Waals surface area (Å²) in [5.41, 5.74) is -1.19. The minimum Gasteiger partial charge on any atom is -0.336 e. The van der Waals surface area contributed by atoms with Crippen LogP contribution in [0.5, 0.6) is 0 Å². The maximum atomic E-state index is 13.8. The van der Waals surface area contributed by atoms with Gasteiger partial charge in [0, 0.05) is 32.3 Å². The summed E-state index contributed by atoms with van der Waals surface area (Å²) in [6.45, 7) is 0.351. The van der Waals surface area contributed by atoms with E-state index in [9.17, 15) is 27.2 Å². The van der Waals surface area contributed by atoms with Gasteiger partial charge < -0.3 is 9.80 Å². The first-order valence-corrected chi connectivity index (χ1v) is 8.94. The van der Waals surface area contributed by atoms with Crippen molar-refractivity contribution in [1.82, 2.24) is 9.80 Å². The van der Waals surface area contributed by atoms with Crippen molar-refractivity contribution in [2.75, 3.05) is 26.2 Å². The highest BCUT2D eigenvalue weighted by Gasteiger charge is 2.36. The molecule has 1 fully saturated rings. The number of alkyl halides is 3. The normalized spacial score (nSPS) is 15.4. The molecule has 0 bridgehead atoms. The van der Waals surface area contributed by atoms with Crippen molar-refractivity contribution in [2.24, 2.45) is 0 Å². The van der Waals surface area contributed by atoms with Crippen LogP contribution in [0.3, 0.4) is 0 Å². The average molecular weight is 406 g/mol. The quantitative estimate of drug-likeness (QED) is 0.575. The fraction of sp³-hybridized carbons (Fsp3) is 0.238. The second-order valence-electron chi connectivity index (χ2n) is 6.52. The average Bonchev–Trinajstić information content (AvgIpc) is 2.71. The van der Waals surface area contributed by atoms with Crippen molar-refractivity contribution in [3.05, 3.63) is 77.6 Å². The molecule has 0 radical (unpaired) electrons. The molecule has 1 saturated heterocycles. The van der Waals surface area contributed by atoms with Crippen molar-refractivity contribution in [3.8, 4) is 0 Å². The topological polar surface area (TPSA) is 40.6 Å². The lowest BCUT2D eigenvalue weighted by atomic mass is 10.0. The first kappa shape index (κ1) is 20.6. The fourth-order valence-electron chi connectivity index (χ4n) is 3.10. The van der Waals surface area contributed by atoms with Crippen LogP contribution in [0.4, 0.5) is 17.6 Å². The Hall–Kier alpha value is -3.16.